The lowest BCUT2D eigenvalue weighted by Crippen LogP contribution is -2.28. The molecular weight excluding hydrogens is 186 g/mol. The van der Waals surface area contributed by atoms with Crippen LogP contribution in [0.2, 0.25) is 0 Å². The fourth-order valence-electron chi connectivity index (χ4n) is 2.21. The highest BCUT2D eigenvalue weighted by atomic mass is 16.5. The Labute approximate surface area is 94.8 Å². The number of hydrogen-bond donors (Lipinski definition) is 1. The molecule has 1 saturated heterocycles. The maximum absolute atomic E-state index is 5.98. The van der Waals surface area contributed by atoms with Crippen LogP contribution in [0, 0.1) is 0 Å². The summed E-state index contributed by atoms with van der Waals surface area (Å²) in [5.41, 5.74) is 0.130. The van der Waals surface area contributed by atoms with E-state index in [1.807, 2.05) is 0 Å². The van der Waals surface area contributed by atoms with Crippen LogP contribution in [0.25, 0.3) is 0 Å². The quantitative estimate of drug-likeness (QED) is 0.732. The van der Waals surface area contributed by atoms with Crippen LogP contribution in [0.15, 0.2) is 0 Å². The molecular formula is C13H27NO. The summed E-state index contributed by atoms with van der Waals surface area (Å²) in [4.78, 5) is 0. The minimum absolute atomic E-state index is 0.130. The fraction of sp³-hybridized carbons (Fsp3) is 1.00. The molecule has 1 aliphatic rings. The number of rotatable bonds is 6. The molecule has 1 fully saturated rings. The third-order valence-corrected chi connectivity index (χ3v) is 3.22. The maximum atomic E-state index is 5.98. The summed E-state index contributed by atoms with van der Waals surface area (Å²) < 4.78 is 5.98. The van der Waals surface area contributed by atoms with Crippen LogP contribution in [0.5, 0.6) is 0 Å². The Morgan fingerprint density at radius 1 is 1.47 bits per heavy atom. The Morgan fingerprint density at radius 2 is 2.20 bits per heavy atom. The van der Waals surface area contributed by atoms with Crippen LogP contribution in [0.4, 0.5) is 0 Å². The maximum Gasteiger partial charge on any atom is 0.0631 e. The Kier molecular flexibility index (Phi) is 5.07. The van der Waals surface area contributed by atoms with Crippen LogP contribution >= 0.6 is 0 Å². The number of ether oxygens (including phenoxy) is 1. The van der Waals surface area contributed by atoms with Crippen molar-refractivity contribution in [2.45, 2.75) is 77.5 Å². The lowest BCUT2D eigenvalue weighted by atomic mass is 10.0. The Bertz CT molecular complexity index is 179. The van der Waals surface area contributed by atoms with Crippen LogP contribution in [-0.2, 0) is 4.74 Å². The average molecular weight is 213 g/mol. The highest BCUT2D eigenvalue weighted by Gasteiger charge is 2.31. The highest BCUT2D eigenvalue weighted by molar-refractivity contribution is 4.81. The molecule has 0 radical (unpaired) electrons. The van der Waals surface area contributed by atoms with E-state index in [1.165, 1.54) is 32.1 Å². The van der Waals surface area contributed by atoms with Crippen molar-refractivity contribution in [1.29, 1.82) is 0 Å². The van der Waals surface area contributed by atoms with Crippen LogP contribution < -0.4 is 5.32 Å². The second kappa shape index (κ2) is 5.86. The molecule has 0 aromatic heterocycles. The van der Waals surface area contributed by atoms with Gasteiger partial charge in [0.05, 0.1) is 11.7 Å². The molecule has 2 unspecified atom stereocenters. The third-order valence-electron chi connectivity index (χ3n) is 3.22. The highest BCUT2D eigenvalue weighted by Crippen LogP contribution is 2.31. The monoisotopic (exact) mass is 213 g/mol. The van der Waals surface area contributed by atoms with Gasteiger partial charge in [-0.2, -0.15) is 0 Å². The summed E-state index contributed by atoms with van der Waals surface area (Å²) in [6.45, 7) is 10.0. The smallest absolute Gasteiger partial charge is 0.0631 e. The van der Waals surface area contributed by atoms with Crippen LogP contribution in [0.3, 0.4) is 0 Å². The van der Waals surface area contributed by atoms with Crippen molar-refractivity contribution in [3.8, 4) is 0 Å². The van der Waals surface area contributed by atoms with Crippen LogP contribution in [-0.4, -0.2) is 24.3 Å². The Balaban J connectivity index is 2.10. The number of nitrogens with one attached hydrogen (secondary N) is 1. The summed E-state index contributed by atoms with van der Waals surface area (Å²) in [5, 5.41) is 3.52. The SMILES string of the molecule is CCCNC(C)CCC1CCC(C)(C)O1. The molecule has 2 heteroatoms. The van der Waals surface area contributed by atoms with E-state index >= 15 is 0 Å². The van der Waals surface area contributed by atoms with Gasteiger partial charge in [0.15, 0.2) is 0 Å². The van der Waals surface area contributed by atoms with E-state index in [0.717, 1.165) is 6.54 Å². The first-order valence-corrected chi connectivity index (χ1v) is 6.44. The predicted molar refractivity (Wildman–Crippen MR) is 65.2 cm³/mol. The lowest BCUT2D eigenvalue weighted by molar-refractivity contribution is -0.0196. The van der Waals surface area contributed by atoms with Gasteiger partial charge in [-0.05, 0) is 59.4 Å². The Morgan fingerprint density at radius 3 is 2.73 bits per heavy atom. The minimum atomic E-state index is 0.130. The van der Waals surface area contributed by atoms with Gasteiger partial charge < -0.3 is 10.1 Å². The largest absolute Gasteiger partial charge is 0.372 e. The van der Waals surface area contributed by atoms with Crippen molar-refractivity contribution >= 4 is 0 Å². The molecule has 1 aliphatic heterocycles. The summed E-state index contributed by atoms with van der Waals surface area (Å²) in [5.74, 6) is 0. The molecule has 1 rings (SSSR count). The van der Waals surface area contributed by atoms with Crippen molar-refractivity contribution in [3.63, 3.8) is 0 Å². The van der Waals surface area contributed by atoms with Gasteiger partial charge in [0.1, 0.15) is 0 Å². The molecule has 1 N–H and O–H groups in total. The van der Waals surface area contributed by atoms with E-state index in [2.05, 4.69) is 33.0 Å². The molecule has 0 aliphatic carbocycles. The minimum Gasteiger partial charge on any atom is -0.372 e. The zero-order chi connectivity index (χ0) is 11.3. The molecule has 15 heavy (non-hydrogen) atoms. The molecule has 2 nitrogen and oxygen atoms in total. The predicted octanol–water partition coefficient (Wildman–Crippen LogP) is 3.11. The molecule has 0 saturated carbocycles. The standard InChI is InChI=1S/C13H27NO/c1-5-10-14-11(2)6-7-12-8-9-13(3,4)15-12/h11-12,14H,5-10H2,1-4H3. The molecule has 0 amide bonds. The summed E-state index contributed by atoms with van der Waals surface area (Å²) in [6, 6.07) is 0.636. The van der Waals surface area contributed by atoms with E-state index in [4.69, 9.17) is 4.74 Å². The van der Waals surface area contributed by atoms with Gasteiger partial charge in [-0.15, -0.1) is 0 Å². The second-order valence-corrected chi connectivity index (χ2v) is 5.47. The molecule has 0 aromatic rings. The Hall–Kier alpha value is -0.0800. The first-order valence-electron chi connectivity index (χ1n) is 6.44. The van der Waals surface area contributed by atoms with E-state index in [9.17, 15) is 0 Å². The third kappa shape index (κ3) is 4.98. The fourth-order valence-corrected chi connectivity index (χ4v) is 2.21. The lowest BCUT2D eigenvalue weighted by Gasteiger charge is -2.20. The zero-order valence-electron chi connectivity index (χ0n) is 10.8. The van der Waals surface area contributed by atoms with Crippen molar-refractivity contribution in [2.24, 2.45) is 0 Å². The average Bonchev–Trinajstić information content (AvgIpc) is 2.52. The van der Waals surface area contributed by atoms with Crippen molar-refractivity contribution in [2.75, 3.05) is 6.54 Å². The summed E-state index contributed by atoms with van der Waals surface area (Å²) >= 11 is 0. The van der Waals surface area contributed by atoms with Crippen molar-refractivity contribution < 1.29 is 4.74 Å². The van der Waals surface area contributed by atoms with Gasteiger partial charge in [0.2, 0.25) is 0 Å². The zero-order valence-corrected chi connectivity index (χ0v) is 10.8. The molecule has 1 heterocycles. The number of hydrogen-bond acceptors (Lipinski definition) is 2. The van der Waals surface area contributed by atoms with Crippen molar-refractivity contribution in [3.05, 3.63) is 0 Å². The van der Waals surface area contributed by atoms with E-state index in [0.29, 0.717) is 12.1 Å². The molecule has 90 valence electrons. The first kappa shape index (κ1) is 13.0. The second-order valence-electron chi connectivity index (χ2n) is 5.47. The van der Waals surface area contributed by atoms with Gasteiger partial charge in [-0.25, -0.2) is 0 Å². The molecule has 2 atom stereocenters. The van der Waals surface area contributed by atoms with Gasteiger partial charge in [0.25, 0.3) is 0 Å². The normalized spacial score (nSPS) is 26.8. The van der Waals surface area contributed by atoms with Gasteiger partial charge in [-0.1, -0.05) is 6.92 Å². The van der Waals surface area contributed by atoms with Crippen molar-refractivity contribution in [1.82, 2.24) is 5.32 Å². The molecule has 0 aromatic carbocycles. The van der Waals surface area contributed by atoms with Crippen LogP contribution in [0.1, 0.15) is 59.8 Å². The van der Waals surface area contributed by atoms with Gasteiger partial charge >= 0.3 is 0 Å². The summed E-state index contributed by atoms with van der Waals surface area (Å²) in [6.07, 6.45) is 6.63. The van der Waals surface area contributed by atoms with E-state index in [1.54, 1.807) is 0 Å². The van der Waals surface area contributed by atoms with Gasteiger partial charge in [0, 0.05) is 6.04 Å². The van der Waals surface area contributed by atoms with Gasteiger partial charge in [-0.3, -0.25) is 0 Å². The molecule has 0 spiro atoms. The summed E-state index contributed by atoms with van der Waals surface area (Å²) in [7, 11) is 0. The topological polar surface area (TPSA) is 21.3 Å². The molecule has 0 bridgehead atoms. The first-order chi connectivity index (χ1) is 7.03. The van der Waals surface area contributed by atoms with E-state index in [-0.39, 0.29) is 5.60 Å². The van der Waals surface area contributed by atoms with E-state index < -0.39 is 0 Å².